The van der Waals surface area contributed by atoms with Crippen molar-refractivity contribution in [1.29, 1.82) is 0 Å². The highest BCUT2D eigenvalue weighted by atomic mass is 32.1. The average molecular weight is 383 g/mol. The van der Waals surface area contributed by atoms with E-state index in [0.29, 0.717) is 34.7 Å². The molecule has 0 saturated carbocycles. The van der Waals surface area contributed by atoms with E-state index in [9.17, 15) is 18.0 Å². The number of fused-ring (bicyclic) bond motifs is 2. The fourth-order valence-corrected chi connectivity index (χ4v) is 4.12. The minimum absolute atomic E-state index is 0.0441. The zero-order chi connectivity index (χ0) is 18.3. The van der Waals surface area contributed by atoms with E-state index in [2.05, 4.69) is 15.6 Å². The second kappa shape index (κ2) is 6.55. The van der Waals surface area contributed by atoms with Crippen LogP contribution in [0.4, 0.5) is 13.2 Å². The zero-order valence-corrected chi connectivity index (χ0v) is 14.4. The van der Waals surface area contributed by atoms with Gasteiger partial charge in [0.1, 0.15) is 5.75 Å². The van der Waals surface area contributed by atoms with E-state index in [1.54, 1.807) is 24.3 Å². The summed E-state index contributed by atoms with van der Waals surface area (Å²) in [4.78, 5) is 15.7. The Kier molecular flexibility index (Phi) is 4.36. The van der Waals surface area contributed by atoms with E-state index in [1.807, 2.05) is 0 Å². The molecule has 1 aromatic heterocycles. The molecule has 5 nitrogen and oxygen atoms in total. The second-order valence-corrected chi connectivity index (χ2v) is 7.46. The van der Waals surface area contributed by atoms with Gasteiger partial charge in [-0.15, -0.1) is 0 Å². The lowest BCUT2D eigenvalue weighted by molar-refractivity contribution is -0.137. The van der Waals surface area contributed by atoms with Crippen molar-refractivity contribution in [3.8, 4) is 10.8 Å². The molecule has 0 aliphatic carbocycles. The first-order valence-corrected chi connectivity index (χ1v) is 9.08. The number of alkyl halides is 3. The molecule has 9 heteroatoms. The number of halogens is 3. The van der Waals surface area contributed by atoms with Gasteiger partial charge in [-0.3, -0.25) is 4.79 Å². The zero-order valence-electron chi connectivity index (χ0n) is 13.5. The predicted octanol–water partition coefficient (Wildman–Crippen LogP) is 3.58. The standard InChI is InChI=1S/C17H16F3N3O2S/c18-17(19,20)16-21-8-14(26-16)25-11-4-1-9(2-5-11)15(24)23-13-7-10-3-6-12(13)22-10/h1-2,4-5,8,10,12-13,22H,3,6-7H2,(H,23,24). The van der Waals surface area contributed by atoms with E-state index in [-0.39, 0.29) is 17.0 Å². The first kappa shape index (κ1) is 17.3. The summed E-state index contributed by atoms with van der Waals surface area (Å²) in [5.74, 6) is 0.188. The molecule has 1 aromatic carbocycles. The smallest absolute Gasteiger partial charge is 0.443 e. The van der Waals surface area contributed by atoms with Crippen molar-refractivity contribution in [2.24, 2.45) is 0 Å². The molecule has 1 amide bonds. The minimum Gasteiger partial charge on any atom is -0.445 e. The number of thiazole rings is 1. The summed E-state index contributed by atoms with van der Waals surface area (Å²) < 4.78 is 43.0. The lowest BCUT2D eigenvalue weighted by Gasteiger charge is -2.21. The summed E-state index contributed by atoms with van der Waals surface area (Å²) in [6, 6.07) is 7.30. The molecular weight excluding hydrogens is 367 g/mol. The van der Waals surface area contributed by atoms with E-state index in [0.717, 1.165) is 25.5 Å². The van der Waals surface area contributed by atoms with Gasteiger partial charge < -0.3 is 15.4 Å². The molecule has 2 N–H and O–H groups in total. The number of aromatic nitrogens is 1. The van der Waals surface area contributed by atoms with Gasteiger partial charge >= 0.3 is 6.18 Å². The predicted molar refractivity (Wildman–Crippen MR) is 89.4 cm³/mol. The lowest BCUT2D eigenvalue weighted by Crippen LogP contribution is -2.42. The fraction of sp³-hybridized carbons (Fsp3) is 0.412. The monoisotopic (exact) mass is 383 g/mol. The molecule has 3 heterocycles. The van der Waals surface area contributed by atoms with Crippen molar-refractivity contribution >= 4 is 17.2 Å². The molecule has 2 bridgehead atoms. The Morgan fingerprint density at radius 2 is 2.04 bits per heavy atom. The Morgan fingerprint density at radius 3 is 2.62 bits per heavy atom. The van der Waals surface area contributed by atoms with Crippen LogP contribution in [0.15, 0.2) is 30.5 Å². The molecule has 2 aliphatic heterocycles. The van der Waals surface area contributed by atoms with Gasteiger partial charge in [0.05, 0.1) is 6.20 Å². The number of rotatable bonds is 4. The Hall–Kier alpha value is -2.13. The summed E-state index contributed by atoms with van der Waals surface area (Å²) in [7, 11) is 0. The van der Waals surface area contributed by atoms with Gasteiger partial charge in [-0.25, -0.2) is 4.98 Å². The average Bonchev–Trinajstić information content (AvgIpc) is 3.31. The number of carbonyl (C=O) groups excluding carboxylic acids is 1. The molecule has 3 atom stereocenters. The Balaban J connectivity index is 1.37. The summed E-state index contributed by atoms with van der Waals surface area (Å²) in [5.41, 5.74) is 0.486. The van der Waals surface area contributed by atoms with Crippen LogP contribution in [0, 0.1) is 0 Å². The van der Waals surface area contributed by atoms with Crippen LogP contribution in [0.2, 0.25) is 0 Å². The van der Waals surface area contributed by atoms with Crippen LogP contribution in [0.5, 0.6) is 10.8 Å². The van der Waals surface area contributed by atoms with Crippen LogP contribution in [0.1, 0.15) is 34.6 Å². The van der Waals surface area contributed by atoms with Crippen molar-refractivity contribution in [3.63, 3.8) is 0 Å². The van der Waals surface area contributed by atoms with Gasteiger partial charge in [-0.05, 0) is 43.5 Å². The van der Waals surface area contributed by atoms with Crippen molar-refractivity contribution in [2.75, 3.05) is 0 Å². The summed E-state index contributed by atoms with van der Waals surface area (Å²) in [6.45, 7) is 0. The molecule has 2 aromatic rings. The van der Waals surface area contributed by atoms with Crippen molar-refractivity contribution < 1.29 is 22.7 Å². The molecule has 2 saturated heterocycles. The van der Waals surface area contributed by atoms with Crippen molar-refractivity contribution in [3.05, 3.63) is 41.0 Å². The molecule has 2 aliphatic rings. The highest BCUT2D eigenvalue weighted by Gasteiger charge is 2.39. The summed E-state index contributed by atoms with van der Waals surface area (Å²) in [5, 5.41) is 5.59. The van der Waals surface area contributed by atoms with Crippen molar-refractivity contribution in [2.45, 2.75) is 43.6 Å². The maximum atomic E-state index is 12.5. The van der Waals surface area contributed by atoms with Crippen LogP contribution in [-0.2, 0) is 6.18 Å². The molecule has 2 fully saturated rings. The number of carbonyl (C=O) groups is 1. The van der Waals surface area contributed by atoms with E-state index in [1.165, 1.54) is 0 Å². The summed E-state index contributed by atoms with van der Waals surface area (Å²) >= 11 is 0.429. The lowest BCUT2D eigenvalue weighted by atomic mass is 9.95. The third kappa shape index (κ3) is 3.54. The van der Waals surface area contributed by atoms with E-state index in [4.69, 9.17) is 4.74 Å². The number of hydrogen-bond acceptors (Lipinski definition) is 5. The van der Waals surface area contributed by atoms with Gasteiger partial charge in [0.15, 0.2) is 0 Å². The Morgan fingerprint density at radius 1 is 1.27 bits per heavy atom. The molecule has 0 radical (unpaired) electrons. The molecular formula is C17H16F3N3O2S. The van der Waals surface area contributed by atoms with Crippen LogP contribution < -0.4 is 15.4 Å². The highest BCUT2D eigenvalue weighted by molar-refractivity contribution is 7.13. The minimum atomic E-state index is -4.48. The first-order chi connectivity index (χ1) is 12.4. The highest BCUT2D eigenvalue weighted by Crippen LogP contribution is 2.37. The molecule has 0 spiro atoms. The quantitative estimate of drug-likeness (QED) is 0.847. The number of benzene rings is 1. The van der Waals surface area contributed by atoms with Crippen molar-refractivity contribution in [1.82, 2.24) is 15.6 Å². The third-order valence-corrected chi connectivity index (χ3v) is 5.60. The van der Waals surface area contributed by atoms with Crippen LogP contribution >= 0.6 is 11.3 Å². The SMILES string of the molecule is O=C(NC1CC2CCC1N2)c1ccc(Oc2cnc(C(F)(F)F)s2)cc1. The normalized spacial score (nSPS) is 24.7. The molecule has 26 heavy (non-hydrogen) atoms. The maximum absolute atomic E-state index is 12.5. The fourth-order valence-electron chi connectivity index (χ4n) is 3.46. The van der Waals surface area contributed by atoms with Gasteiger partial charge in [0.2, 0.25) is 10.1 Å². The number of ether oxygens (including phenoxy) is 1. The topological polar surface area (TPSA) is 63.2 Å². The van der Waals surface area contributed by atoms with E-state index < -0.39 is 11.2 Å². The molecule has 138 valence electrons. The Bertz CT molecular complexity index is 806. The summed E-state index contributed by atoms with van der Waals surface area (Å²) in [6.07, 6.45) is -0.253. The number of nitrogens with one attached hydrogen (secondary N) is 2. The third-order valence-electron chi connectivity index (χ3n) is 4.68. The number of amides is 1. The van der Waals surface area contributed by atoms with Gasteiger partial charge in [0, 0.05) is 23.7 Å². The molecule has 4 rings (SSSR count). The van der Waals surface area contributed by atoms with Gasteiger partial charge in [-0.1, -0.05) is 11.3 Å². The molecule has 3 unspecified atom stereocenters. The van der Waals surface area contributed by atoms with Crippen LogP contribution in [0.25, 0.3) is 0 Å². The van der Waals surface area contributed by atoms with Crippen LogP contribution in [-0.4, -0.2) is 29.0 Å². The largest absolute Gasteiger partial charge is 0.445 e. The van der Waals surface area contributed by atoms with Gasteiger partial charge in [0.25, 0.3) is 5.91 Å². The Labute approximate surface area is 151 Å². The number of nitrogens with zero attached hydrogens (tertiary/aromatic N) is 1. The maximum Gasteiger partial charge on any atom is 0.443 e. The second-order valence-electron chi connectivity index (χ2n) is 6.47. The van der Waals surface area contributed by atoms with Gasteiger partial charge in [-0.2, -0.15) is 13.2 Å². The van der Waals surface area contributed by atoms with Crippen LogP contribution in [0.3, 0.4) is 0 Å². The first-order valence-electron chi connectivity index (χ1n) is 8.26. The van der Waals surface area contributed by atoms with E-state index >= 15 is 0 Å². The number of hydrogen-bond donors (Lipinski definition) is 2.